The van der Waals surface area contributed by atoms with Crippen LogP contribution in [0.3, 0.4) is 0 Å². The molecule has 3 rings (SSSR count). The lowest BCUT2D eigenvalue weighted by atomic mass is 10.1. The molecule has 0 aliphatic heterocycles. The summed E-state index contributed by atoms with van der Waals surface area (Å²) in [6.07, 6.45) is 1.78. The average molecular weight is 374 g/mol. The Kier molecular flexibility index (Phi) is 6.68. The van der Waals surface area contributed by atoms with Crippen LogP contribution < -0.4 is 14.9 Å². The summed E-state index contributed by atoms with van der Waals surface area (Å²) < 4.78 is 11.7. The molecule has 0 fully saturated rings. The molecule has 0 spiro atoms. The summed E-state index contributed by atoms with van der Waals surface area (Å²) in [6, 6.07) is 22.1. The molecule has 28 heavy (non-hydrogen) atoms. The number of nitrogens with one attached hydrogen (secondary N) is 1. The van der Waals surface area contributed by atoms with Gasteiger partial charge in [0, 0.05) is 0 Å². The summed E-state index contributed by atoms with van der Waals surface area (Å²) in [6.45, 7) is 7.22. The van der Waals surface area contributed by atoms with E-state index < -0.39 is 0 Å². The van der Waals surface area contributed by atoms with E-state index in [2.05, 4.69) is 36.5 Å². The zero-order chi connectivity index (χ0) is 19.8. The predicted molar refractivity (Wildman–Crippen MR) is 116 cm³/mol. The summed E-state index contributed by atoms with van der Waals surface area (Å²) >= 11 is 0. The number of hydrogen-bond acceptors (Lipinski definition) is 4. The van der Waals surface area contributed by atoms with Crippen LogP contribution in [0.15, 0.2) is 71.8 Å². The zero-order valence-corrected chi connectivity index (χ0v) is 16.6. The van der Waals surface area contributed by atoms with Crippen molar-refractivity contribution in [3.05, 3.63) is 89.0 Å². The van der Waals surface area contributed by atoms with Gasteiger partial charge in [0.2, 0.25) is 0 Å². The molecule has 0 amide bonds. The van der Waals surface area contributed by atoms with Crippen LogP contribution in [-0.4, -0.2) is 12.8 Å². The summed E-state index contributed by atoms with van der Waals surface area (Å²) in [5.74, 6) is 1.44. The normalized spacial score (nSPS) is 10.8. The Morgan fingerprint density at radius 3 is 2.43 bits per heavy atom. The van der Waals surface area contributed by atoms with E-state index in [0.29, 0.717) is 19.0 Å². The van der Waals surface area contributed by atoms with Crippen molar-refractivity contribution in [2.24, 2.45) is 5.10 Å². The van der Waals surface area contributed by atoms with E-state index in [-0.39, 0.29) is 0 Å². The Bertz CT molecular complexity index is 937. The van der Waals surface area contributed by atoms with Crippen molar-refractivity contribution in [3.8, 4) is 11.5 Å². The summed E-state index contributed by atoms with van der Waals surface area (Å²) in [5, 5.41) is 4.34. The minimum absolute atomic E-state index is 0.503. The van der Waals surface area contributed by atoms with Gasteiger partial charge in [0.05, 0.1) is 18.5 Å². The van der Waals surface area contributed by atoms with Gasteiger partial charge in [-0.2, -0.15) is 5.10 Å². The Labute approximate surface area is 166 Å². The number of anilines is 1. The first-order chi connectivity index (χ1) is 13.7. The molecule has 0 saturated carbocycles. The molecule has 0 radical (unpaired) electrons. The quantitative estimate of drug-likeness (QED) is 0.405. The van der Waals surface area contributed by atoms with Crippen LogP contribution in [0.1, 0.15) is 29.2 Å². The number of rotatable bonds is 8. The van der Waals surface area contributed by atoms with Gasteiger partial charge in [-0.1, -0.05) is 36.4 Å². The van der Waals surface area contributed by atoms with E-state index >= 15 is 0 Å². The second kappa shape index (κ2) is 9.60. The minimum atomic E-state index is 0.503. The van der Waals surface area contributed by atoms with Crippen molar-refractivity contribution in [3.63, 3.8) is 0 Å². The molecule has 1 N–H and O–H groups in total. The van der Waals surface area contributed by atoms with Gasteiger partial charge in [0.1, 0.15) is 6.61 Å². The Morgan fingerprint density at radius 1 is 0.857 bits per heavy atom. The van der Waals surface area contributed by atoms with E-state index in [4.69, 9.17) is 9.47 Å². The fourth-order valence-corrected chi connectivity index (χ4v) is 2.72. The van der Waals surface area contributed by atoms with Gasteiger partial charge in [0.25, 0.3) is 0 Å². The van der Waals surface area contributed by atoms with Crippen LogP contribution in [0.25, 0.3) is 0 Å². The summed E-state index contributed by atoms with van der Waals surface area (Å²) in [7, 11) is 0. The Hall–Kier alpha value is -3.27. The first-order valence-corrected chi connectivity index (χ1v) is 9.45. The molecular weight excluding hydrogens is 348 g/mol. The van der Waals surface area contributed by atoms with Gasteiger partial charge in [-0.15, -0.1) is 0 Å². The maximum Gasteiger partial charge on any atom is 0.161 e. The van der Waals surface area contributed by atoms with E-state index in [1.807, 2.05) is 61.5 Å². The van der Waals surface area contributed by atoms with Gasteiger partial charge in [0.15, 0.2) is 11.5 Å². The van der Waals surface area contributed by atoms with Crippen LogP contribution in [0, 0.1) is 13.8 Å². The zero-order valence-electron chi connectivity index (χ0n) is 16.6. The van der Waals surface area contributed by atoms with Crippen molar-refractivity contribution in [1.29, 1.82) is 0 Å². The highest BCUT2D eigenvalue weighted by Crippen LogP contribution is 2.29. The van der Waals surface area contributed by atoms with Crippen LogP contribution in [0.5, 0.6) is 11.5 Å². The lowest BCUT2D eigenvalue weighted by Crippen LogP contribution is -2.00. The third-order valence-corrected chi connectivity index (χ3v) is 4.42. The molecule has 4 heteroatoms. The predicted octanol–water partition coefficient (Wildman–Crippen LogP) is 5.73. The van der Waals surface area contributed by atoms with Gasteiger partial charge in [-0.3, -0.25) is 5.43 Å². The van der Waals surface area contributed by atoms with Crippen molar-refractivity contribution < 1.29 is 9.47 Å². The molecule has 0 bridgehead atoms. The fourth-order valence-electron chi connectivity index (χ4n) is 2.72. The fraction of sp³-hybridized carbons (Fsp3) is 0.208. The van der Waals surface area contributed by atoms with Crippen molar-refractivity contribution in [2.75, 3.05) is 12.0 Å². The Balaban J connectivity index is 1.67. The van der Waals surface area contributed by atoms with Crippen molar-refractivity contribution in [1.82, 2.24) is 0 Å². The molecule has 0 saturated heterocycles. The standard InChI is InChI=1S/C24H26N2O2/c1-4-27-24-15-21(16-25-26-22-12-10-18(2)19(3)14-22)11-13-23(24)28-17-20-8-6-5-7-9-20/h5-16,26H,4,17H2,1-3H3/b25-16+. The third kappa shape index (κ3) is 5.36. The third-order valence-electron chi connectivity index (χ3n) is 4.42. The molecule has 3 aromatic carbocycles. The molecule has 0 aliphatic carbocycles. The lowest BCUT2D eigenvalue weighted by molar-refractivity contribution is 0.269. The first kappa shape index (κ1) is 19.5. The second-order valence-corrected chi connectivity index (χ2v) is 6.58. The van der Waals surface area contributed by atoms with Crippen molar-refractivity contribution in [2.45, 2.75) is 27.4 Å². The van der Waals surface area contributed by atoms with Gasteiger partial charge >= 0.3 is 0 Å². The topological polar surface area (TPSA) is 42.8 Å². The number of nitrogens with zero attached hydrogens (tertiary/aromatic N) is 1. The van der Waals surface area contributed by atoms with Crippen LogP contribution in [0.4, 0.5) is 5.69 Å². The molecule has 0 unspecified atom stereocenters. The summed E-state index contributed by atoms with van der Waals surface area (Å²) in [4.78, 5) is 0. The molecule has 0 atom stereocenters. The lowest BCUT2D eigenvalue weighted by Gasteiger charge is -2.12. The van der Waals surface area contributed by atoms with E-state index in [9.17, 15) is 0 Å². The SMILES string of the molecule is CCOc1cc(/C=N/Nc2ccc(C)c(C)c2)ccc1OCc1ccccc1. The molecule has 144 valence electrons. The van der Waals surface area contributed by atoms with E-state index in [1.165, 1.54) is 11.1 Å². The smallest absolute Gasteiger partial charge is 0.161 e. The van der Waals surface area contributed by atoms with Crippen LogP contribution in [-0.2, 0) is 6.61 Å². The molecule has 0 aliphatic rings. The first-order valence-electron chi connectivity index (χ1n) is 9.45. The highest BCUT2D eigenvalue weighted by atomic mass is 16.5. The van der Waals surface area contributed by atoms with Gasteiger partial charge in [-0.05, 0) is 73.4 Å². The molecule has 0 heterocycles. The van der Waals surface area contributed by atoms with E-state index in [0.717, 1.165) is 22.6 Å². The molecule has 0 aromatic heterocycles. The number of aryl methyl sites for hydroxylation is 2. The molecular formula is C24H26N2O2. The molecule has 4 nitrogen and oxygen atoms in total. The summed E-state index contributed by atoms with van der Waals surface area (Å²) in [5.41, 5.74) is 8.59. The number of benzene rings is 3. The second-order valence-electron chi connectivity index (χ2n) is 6.58. The van der Waals surface area contributed by atoms with Crippen LogP contribution in [0.2, 0.25) is 0 Å². The maximum absolute atomic E-state index is 5.94. The number of hydrazone groups is 1. The number of ether oxygens (including phenoxy) is 2. The minimum Gasteiger partial charge on any atom is -0.490 e. The largest absolute Gasteiger partial charge is 0.490 e. The van der Waals surface area contributed by atoms with Gasteiger partial charge in [-0.25, -0.2) is 0 Å². The van der Waals surface area contributed by atoms with Crippen LogP contribution >= 0.6 is 0 Å². The van der Waals surface area contributed by atoms with Gasteiger partial charge < -0.3 is 9.47 Å². The van der Waals surface area contributed by atoms with Crippen molar-refractivity contribution >= 4 is 11.9 Å². The highest BCUT2D eigenvalue weighted by Gasteiger charge is 2.06. The number of hydrogen-bond donors (Lipinski definition) is 1. The average Bonchev–Trinajstić information content (AvgIpc) is 2.71. The van der Waals surface area contributed by atoms with E-state index in [1.54, 1.807) is 6.21 Å². The maximum atomic E-state index is 5.94. The monoisotopic (exact) mass is 374 g/mol. The molecule has 3 aromatic rings. The Morgan fingerprint density at radius 2 is 1.68 bits per heavy atom. The highest BCUT2D eigenvalue weighted by molar-refractivity contribution is 5.81.